The Morgan fingerprint density at radius 1 is 1.30 bits per heavy atom. The van der Waals surface area contributed by atoms with Crippen LogP contribution in [0.1, 0.15) is 33.1 Å². The molecule has 0 saturated carbocycles. The fourth-order valence-electron chi connectivity index (χ4n) is 2.46. The summed E-state index contributed by atoms with van der Waals surface area (Å²) in [5.41, 5.74) is 0. The second-order valence-electron chi connectivity index (χ2n) is 5.10. The van der Waals surface area contributed by atoms with Gasteiger partial charge in [-0.25, -0.2) is 0 Å². The van der Waals surface area contributed by atoms with Crippen molar-refractivity contribution in [3.05, 3.63) is 12.7 Å². The van der Waals surface area contributed by atoms with Crippen LogP contribution in [0.25, 0.3) is 0 Å². The molecule has 0 radical (unpaired) electrons. The number of nitrogens with one attached hydrogen (secondary N) is 2. The van der Waals surface area contributed by atoms with Gasteiger partial charge in [0.1, 0.15) is 0 Å². The Bertz CT molecular complexity index is 273. The zero-order chi connectivity index (χ0) is 13.9. The third-order valence-electron chi connectivity index (χ3n) is 3.72. The van der Waals surface area contributed by atoms with Crippen molar-refractivity contribution in [2.24, 2.45) is 10.9 Å². The standard InChI is InChI=1S/C15H30N4.HI/c1-4-10-17-15(16-5-2)18-11-7-14-8-12-19(6-3)13-9-14;/h4,14H,1,5-13H2,2-3H3,(H2,16,17,18);1H. The molecule has 0 aliphatic carbocycles. The third-order valence-corrected chi connectivity index (χ3v) is 3.72. The summed E-state index contributed by atoms with van der Waals surface area (Å²) in [6.45, 7) is 14.4. The molecule has 0 aromatic rings. The number of guanidine groups is 1. The van der Waals surface area contributed by atoms with Crippen molar-refractivity contribution >= 4 is 29.9 Å². The number of halogens is 1. The zero-order valence-corrected chi connectivity index (χ0v) is 15.4. The molecule has 1 heterocycles. The number of piperidine rings is 1. The van der Waals surface area contributed by atoms with Gasteiger partial charge in [-0.15, -0.1) is 30.6 Å². The molecule has 0 aromatic heterocycles. The number of aliphatic imine (C=N–C) groups is 1. The van der Waals surface area contributed by atoms with Crippen molar-refractivity contribution in [2.75, 3.05) is 39.3 Å². The maximum Gasteiger partial charge on any atom is 0.191 e. The molecule has 1 aliphatic heterocycles. The van der Waals surface area contributed by atoms with Gasteiger partial charge >= 0.3 is 0 Å². The topological polar surface area (TPSA) is 39.7 Å². The molecule has 1 fully saturated rings. The van der Waals surface area contributed by atoms with Gasteiger partial charge in [-0.2, -0.15) is 0 Å². The van der Waals surface area contributed by atoms with Gasteiger partial charge < -0.3 is 15.5 Å². The summed E-state index contributed by atoms with van der Waals surface area (Å²) in [6.07, 6.45) is 5.73. The molecule has 2 N–H and O–H groups in total. The van der Waals surface area contributed by atoms with Crippen LogP contribution in [0.2, 0.25) is 0 Å². The first-order chi connectivity index (χ1) is 9.30. The highest BCUT2D eigenvalue weighted by atomic mass is 127. The van der Waals surface area contributed by atoms with Crippen LogP contribution in [0.5, 0.6) is 0 Å². The predicted molar refractivity (Wildman–Crippen MR) is 99.0 cm³/mol. The van der Waals surface area contributed by atoms with Gasteiger partial charge in [-0.05, 0) is 51.7 Å². The molecule has 1 saturated heterocycles. The van der Waals surface area contributed by atoms with Crippen LogP contribution in [0.4, 0.5) is 0 Å². The van der Waals surface area contributed by atoms with E-state index in [0.717, 1.165) is 31.5 Å². The molecular weight excluding hydrogens is 363 g/mol. The maximum atomic E-state index is 4.62. The molecule has 5 heteroatoms. The lowest BCUT2D eigenvalue weighted by atomic mass is 9.94. The van der Waals surface area contributed by atoms with E-state index in [1.807, 2.05) is 6.08 Å². The van der Waals surface area contributed by atoms with Crippen LogP contribution in [-0.4, -0.2) is 50.1 Å². The first-order valence-electron chi connectivity index (χ1n) is 7.65. The number of likely N-dealkylation sites (tertiary alicyclic amines) is 1. The van der Waals surface area contributed by atoms with Crippen molar-refractivity contribution in [2.45, 2.75) is 33.1 Å². The average molecular weight is 394 g/mol. The largest absolute Gasteiger partial charge is 0.357 e. The van der Waals surface area contributed by atoms with E-state index in [9.17, 15) is 0 Å². The number of rotatable bonds is 7. The van der Waals surface area contributed by atoms with E-state index in [1.165, 1.54) is 38.9 Å². The van der Waals surface area contributed by atoms with Crippen molar-refractivity contribution in [3.8, 4) is 0 Å². The number of hydrogen-bond acceptors (Lipinski definition) is 2. The second-order valence-corrected chi connectivity index (χ2v) is 5.10. The van der Waals surface area contributed by atoms with Crippen molar-refractivity contribution < 1.29 is 0 Å². The summed E-state index contributed by atoms with van der Waals surface area (Å²) >= 11 is 0. The molecule has 0 amide bonds. The summed E-state index contributed by atoms with van der Waals surface area (Å²) < 4.78 is 0. The predicted octanol–water partition coefficient (Wildman–Crippen LogP) is 2.47. The average Bonchev–Trinajstić information content (AvgIpc) is 2.45. The van der Waals surface area contributed by atoms with E-state index in [0.29, 0.717) is 0 Å². The second kappa shape index (κ2) is 12.4. The Kier molecular flexibility index (Phi) is 12.3. The van der Waals surface area contributed by atoms with Gasteiger partial charge in [0.05, 0.1) is 0 Å². The molecule has 1 aliphatic rings. The van der Waals surface area contributed by atoms with Crippen molar-refractivity contribution in [1.29, 1.82) is 0 Å². The molecule has 20 heavy (non-hydrogen) atoms. The Balaban J connectivity index is 0.00000361. The van der Waals surface area contributed by atoms with E-state index in [1.54, 1.807) is 0 Å². The quantitative estimate of drug-likeness (QED) is 0.302. The van der Waals surface area contributed by atoms with E-state index in [2.05, 4.69) is 41.0 Å². The van der Waals surface area contributed by atoms with Gasteiger partial charge in [0, 0.05) is 19.6 Å². The minimum Gasteiger partial charge on any atom is -0.357 e. The smallest absolute Gasteiger partial charge is 0.191 e. The Labute approximate surface area is 141 Å². The SMILES string of the molecule is C=CCNC(=NCCC1CCN(CC)CC1)NCC.I. The normalized spacial score (nSPS) is 17.4. The van der Waals surface area contributed by atoms with E-state index < -0.39 is 0 Å². The van der Waals surface area contributed by atoms with Crippen molar-refractivity contribution in [1.82, 2.24) is 15.5 Å². The monoisotopic (exact) mass is 394 g/mol. The Hall–Kier alpha value is -0.300. The highest BCUT2D eigenvalue weighted by Crippen LogP contribution is 2.19. The van der Waals surface area contributed by atoms with Crippen LogP contribution >= 0.6 is 24.0 Å². The fourth-order valence-corrected chi connectivity index (χ4v) is 2.46. The lowest BCUT2D eigenvalue weighted by Gasteiger charge is -2.30. The van der Waals surface area contributed by atoms with Crippen LogP contribution in [0.3, 0.4) is 0 Å². The van der Waals surface area contributed by atoms with Crippen LogP contribution in [0.15, 0.2) is 17.6 Å². The van der Waals surface area contributed by atoms with E-state index >= 15 is 0 Å². The van der Waals surface area contributed by atoms with Gasteiger partial charge in [-0.1, -0.05) is 13.0 Å². The van der Waals surface area contributed by atoms with Crippen molar-refractivity contribution in [3.63, 3.8) is 0 Å². The Morgan fingerprint density at radius 3 is 2.55 bits per heavy atom. The molecule has 0 aromatic carbocycles. The van der Waals surface area contributed by atoms with Gasteiger partial charge in [0.25, 0.3) is 0 Å². The zero-order valence-electron chi connectivity index (χ0n) is 13.0. The highest BCUT2D eigenvalue weighted by molar-refractivity contribution is 14.0. The summed E-state index contributed by atoms with van der Waals surface area (Å²) in [6, 6.07) is 0. The van der Waals surface area contributed by atoms with Gasteiger partial charge in [0.15, 0.2) is 5.96 Å². The summed E-state index contributed by atoms with van der Waals surface area (Å²) in [7, 11) is 0. The first kappa shape index (κ1) is 19.7. The lowest BCUT2D eigenvalue weighted by molar-refractivity contribution is 0.188. The molecule has 0 unspecified atom stereocenters. The molecule has 4 nitrogen and oxygen atoms in total. The first-order valence-corrected chi connectivity index (χ1v) is 7.65. The van der Waals surface area contributed by atoms with Crippen LogP contribution in [-0.2, 0) is 0 Å². The fraction of sp³-hybridized carbons (Fsp3) is 0.800. The van der Waals surface area contributed by atoms with Crippen LogP contribution in [0, 0.1) is 5.92 Å². The summed E-state index contributed by atoms with van der Waals surface area (Å²) in [5, 5.41) is 6.49. The molecule has 118 valence electrons. The lowest BCUT2D eigenvalue weighted by Crippen LogP contribution is -2.37. The minimum absolute atomic E-state index is 0. The summed E-state index contributed by atoms with van der Waals surface area (Å²) in [4.78, 5) is 7.15. The number of nitrogens with zero attached hydrogens (tertiary/aromatic N) is 2. The van der Waals surface area contributed by atoms with E-state index in [-0.39, 0.29) is 24.0 Å². The van der Waals surface area contributed by atoms with Gasteiger partial charge in [0.2, 0.25) is 0 Å². The third kappa shape index (κ3) is 8.09. The highest BCUT2D eigenvalue weighted by Gasteiger charge is 2.17. The van der Waals surface area contributed by atoms with Crippen LogP contribution < -0.4 is 10.6 Å². The maximum absolute atomic E-state index is 4.62. The molecule has 1 rings (SSSR count). The Morgan fingerprint density at radius 2 is 2.00 bits per heavy atom. The number of hydrogen-bond donors (Lipinski definition) is 2. The molecule has 0 atom stereocenters. The van der Waals surface area contributed by atoms with E-state index in [4.69, 9.17) is 0 Å². The minimum atomic E-state index is 0. The van der Waals surface area contributed by atoms with Gasteiger partial charge in [-0.3, -0.25) is 4.99 Å². The summed E-state index contributed by atoms with van der Waals surface area (Å²) in [5.74, 6) is 1.77. The molecular formula is C15H31IN4. The molecule has 0 spiro atoms. The molecule has 0 bridgehead atoms.